The summed E-state index contributed by atoms with van der Waals surface area (Å²) in [5, 5.41) is 16.1. The summed E-state index contributed by atoms with van der Waals surface area (Å²) in [6, 6.07) is 10.7. The number of aliphatic hydroxyl groups is 1. The third kappa shape index (κ3) is 4.72. The minimum absolute atomic E-state index is 0.116. The number of hydrogen-bond donors (Lipinski definition) is 3. The number of nitrogens with one attached hydrogen (secondary N) is 2. The van der Waals surface area contributed by atoms with Crippen molar-refractivity contribution in [3.8, 4) is 0 Å². The molecule has 2 fully saturated rings. The van der Waals surface area contributed by atoms with Gasteiger partial charge in [0.25, 0.3) is 5.91 Å². The largest absolute Gasteiger partial charge is 0.416 e. The molecule has 3 amide bonds. The number of rotatable bonds is 4. The Kier molecular flexibility index (Phi) is 6.18. The molecule has 2 aromatic carbocycles. The molecule has 35 heavy (non-hydrogen) atoms. The Morgan fingerprint density at radius 1 is 1.03 bits per heavy atom. The van der Waals surface area contributed by atoms with Gasteiger partial charge in [-0.25, -0.2) is 4.79 Å². The van der Waals surface area contributed by atoms with Crippen LogP contribution >= 0.6 is 11.8 Å². The molecule has 0 bridgehead atoms. The fourth-order valence-electron chi connectivity index (χ4n) is 5.02. The van der Waals surface area contributed by atoms with E-state index in [1.165, 1.54) is 17.8 Å². The Bertz CT molecular complexity index is 1160. The quantitative estimate of drug-likeness (QED) is 0.548. The summed E-state index contributed by atoms with van der Waals surface area (Å²) in [5.41, 5.74) is -0.469. The second-order valence-electron chi connectivity index (χ2n) is 9.16. The molecule has 186 valence electrons. The topological polar surface area (TPSA) is 84.9 Å². The van der Waals surface area contributed by atoms with Gasteiger partial charge in [0, 0.05) is 22.9 Å². The van der Waals surface area contributed by atoms with Crippen LogP contribution in [0.1, 0.15) is 24.8 Å². The maximum absolute atomic E-state index is 13.4. The average molecular weight is 507 g/mol. The van der Waals surface area contributed by atoms with Gasteiger partial charge < -0.3 is 20.2 Å². The number of imide groups is 1. The van der Waals surface area contributed by atoms with Crippen LogP contribution in [0.15, 0.2) is 52.3 Å². The van der Waals surface area contributed by atoms with Crippen molar-refractivity contribution in [2.24, 2.45) is 0 Å². The van der Waals surface area contributed by atoms with Crippen LogP contribution in [0.5, 0.6) is 0 Å². The fourth-order valence-corrected chi connectivity index (χ4v) is 6.10. The summed E-state index contributed by atoms with van der Waals surface area (Å²) in [7, 11) is 0. The zero-order valence-electron chi connectivity index (χ0n) is 18.8. The normalized spacial score (nSPS) is 23.4. The summed E-state index contributed by atoms with van der Waals surface area (Å²) in [5.74, 6) is -0.315. The maximum Gasteiger partial charge on any atom is 0.416 e. The van der Waals surface area contributed by atoms with Crippen molar-refractivity contribution in [3.63, 3.8) is 0 Å². The molecule has 11 heteroatoms. The molecular weight excluding hydrogens is 481 g/mol. The van der Waals surface area contributed by atoms with Crippen LogP contribution < -0.4 is 15.5 Å². The van der Waals surface area contributed by atoms with Gasteiger partial charge in [0.2, 0.25) is 0 Å². The Labute approximate surface area is 204 Å². The Morgan fingerprint density at radius 2 is 1.80 bits per heavy atom. The van der Waals surface area contributed by atoms with Gasteiger partial charge >= 0.3 is 12.2 Å². The zero-order valence-corrected chi connectivity index (χ0v) is 19.6. The molecule has 3 heterocycles. The number of urea groups is 1. The predicted octanol–water partition coefficient (Wildman–Crippen LogP) is 3.73. The van der Waals surface area contributed by atoms with Crippen LogP contribution in [0.4, 0.5) is 29.3 Å². The number of amides is 3. The molecule has 5 rings (SSSR count). The smallest absolute Gasteiger partial charge is 0.390 e. The first kappa shape index (κ1) is 24.0. The molecule has 2 unspecified atom stereocenters. The number of benzene rings is 2. The van der Waals surface area contributed by atoms with E-state index in [0.29, 0.717) is 49.5 Å². The number of β-amino-alcohol motifs (C(OH)–C–C–N with tert-alkyl or cyclic N) is 1. The summed E-state index contributed by atoms with van der Waals surface area (Å²) < 4.78 is 40.3. The van der Waals surface area contributed by atoms with Crippen molar-refractivity contribution < 1.29 is 27.9 Å². The van der Waals surface area contributed by atoms with E-state index in [1.807, 2.05) is 29.2 Å². The molecule has 2 saturated heterocycles. The molecule has 2 atom stereocenters. The van der Waals surface area contributed by atoms with E-state index in [2.05, 4.69) is 10.6 Å². The molecule has 7 nitrogen and oxygen atoms in total. The molecule has 3 aliphatic heterocycles. The molecule has 0 saturated carbocycles. The number of hydrogen-bond acceptors (Lipinski definition) is 6. The number of para-hydroxylation sites is 1. The predicted molar refractivity (Wildman–Crippen MR) is 125 cm³/mol. The second kappa shape index (κ2) is 9.03. The minimum atomic E-state index is -4.47. The second-order valence-corrected chi connectivity index (χ2v) is 10.2. The van der Waals surface area contributed by atoms with Crippen LogP contribution in [0, 0.1) is 0 Å². The molecule has 0 radical (unpaired) electrons. The number of likely N-dealkylation sites (tertiary alicyclic amines) is 1. The van der Waals surface area contributed by atoms with E-state index in [1.54, 1.807) is 4.90 Å². The lowest BCUT2D eigenvalue weighted by atomic mass is 9.91. The highest BCUT2D eigenvalue weighted by Gasteiger charge is 2.46. The summed E-state index contributed by atoms with van der Waals surface area (Å²) >= 11 is 1.41. The van der Waals surface area contributed by atoms with Gasteiger partial charge in [-0.15, -0.1) is 0 Å². The molecule has 3 N–H and O–H groups in total. The van der Waals surface area contributed by atoms with Crippen molar-refractivity contribution in [3.05, 3.63) is 48.0 Å². The van der Waals surface area contributed by atoms with Gasteiger partial charge in [-0.3, -0.25) is 10.1 Å². The SMILES string of the molecule is O=C1NC(=O)C2(CCCN(CC(O)CN3c4ccccc4Sc4ccc(C(F)(F)F)cc43)CC2)N1. The summed E-state index contributed by atoms with van der Waals surface area (Å²) in [6.07, 6.45) is -3.71. The van der Waals surface area contributed by atoms with Crippen LogP contribution in [0.3, 0.4) is 0 Å². The zero-order chi connectivity index (χ0) is 24.8. The first-order valence-corrected chi connectivity index (χ1v) is 12.3. The highest BCUT2D eigenvalue weighted by molar-refractivity contribution is 7.99. The standard InChI is InChI=1S/C24H25F3N4O3S/c25-24(26,27)15-6-7-20-18(12-15)31(17-4-1-2-5-19(17)35-20)14-16(32)13-30-10-3-8-23(9-11-30)21(33)28-22(34)29-23/h1-2,4-7,12,16,32H,3,8-11,13-14H2,(H2,28,29,33,34). The van der Waals surface area contributed by atoms with Gasteiger partial charge in [0.15, 0.2) is 0 Å². The molecular formula is C24H25F3N4O3S. The number of anilines is 2. The maximum atomic E-state index is 13.4. The van der Waals surface area contributed by atoms with Crippen molar-refractivity contribution in [1.82, 2.24) is 15.5 Å². The average Bonchev–Trinajstić information content (AvgIpc) is 2.95. The summed E-state index contributed by atoms with van der Waals surface area (Å²) in [6.45, 7) is 1.56. The van der Waals surface area contributed by atoms with Crippen LogP contribution in [-0.4, -0.2) is 59.8 Å². The van der Waals surface area contributed by atoms with Gasteiger partial charge in [-0.1, -0.05) is 23.9 Å². The molecule has 0 aliphatic carbocycles. The Hall–Kier alpha value is -2.76. The van der Waals surface area contributed by atoms with E-state index < -0.39 is 29.4 Å². The number of halogens is 3. The molecule has 2 aromatic rings. The van der Waals surface area contributed by atoms with E-state index in [-0.39, 0.29) is 12.5 Å². The lowest BCUT2D eigenvalue weighted by Crippen LogP contribution is -2.47. The van der Waals surface area contributed by atoms with E-state index in [4.69, 9.17) is 0 Å². The van der Waals surface area contributed by atoms with Crippen LogP contribution in [0.2, 0.25) is 0 Å². The molecule has 3 aliphatic rings. The van der Waals surface area contributed by atoms with Crippen LogP contribution in [0.25, 0.3) is 0 Å². The van der Waals surface area contributed by atoms with Crippen molar-refractivity contribution in [2.45, 2.75) is 46.9 Å². The first-order chi connectivity index (χ1) is 16.6. The van der Waals surface area contributed by atoms with Crippen molar-refractivity contribution >= 4 is 35.1 Å². The third-order valence-corrected chi connectivity index (χ3v) is 7.89. The van der Waals surface area contributed by atoms with E-state index >= 15 is 0 Å². The lowest BCUT2D eigenvalue weighted by Gasteiger charge is -2.35. The monoisotopic (exact) mass is 506 g/mol. The number of aliphatic hydroxyl groups excluding tert-OH is 1. The first-order valence-electron chi connectivity index (χ1n) is 11.4. The van der Waals surface area contributed by atoms with Crippen LogP contribution in [-0.2, 0) is 11.0 Å². The number of nitrogens with zero attached hydrogens (tertiary/aromatic N) is 2. The summed E-state index contributed by atoms with van der Waals surface area (Å²) in [4.78, 5) is 29.3. The van der Waals surface area contributed by atoms with Crippen molar-refractivity contribution in [1.29, 1.82) is 0 Å². The molecule has 0 aromatic heterocycles. The highest BCUT2D eigenvalue weighted by atomic mass is 32.2. The van der Waals surface area contributed by atoms with Gasteiger partial charge in [-0.05, 0) is 56.1 Å². The van der Waals surface area contributed by atoms with Gasteiger partial charge in [0.05, 0.1) is 29.6 Å². The minimum Gasteiger partial charge on any atom is -0.390 e. The Morgan fingerprint density at radius 3 is 2.54 bits per heavy atom. The number of carbonyl (C=O) groups excluding carboxylic acids is 2. The molecule has 1 spiro atoms. The fraction of sp³-hybridized carbons (Fsp3) is 0.417. The lowest BCUT2D eigenvalue weighted by molar-refractivity contribution is -0.137. The van der Waals surface area contributed by atoms with Gasteiger partial charge in [0.1, 0.15) is 5.54 Å². The Balaban J connectivity index is 1.33. The van der Waals surface area contributed by atoms with Gasteiger partial charge in [-0.2, -0.15) is 13.2 Å². The number of fused-ring (bicyclic) bond motifs is 2. The van der Waals surface area contributed by atoms with Crippen molar-refractivity contribution in [2.75, 3.05) is 31.1 Å². The highest BCUT2D eigenvalue weighted by Crippen LogP contribution is 2.49. The van der Waals surface area contributed by atoms with E-state index in [9.17, 15) is 27.9 Å². The number of carbonyl (C=O) groups is 2. The van der Waals surface area contributed by atoms with E-state index in [0.717, 1.165) is 22.7 Å². The third-order valence-electron chi connectivity index (χ3n) is 6.76. The number of alkyl halides is 3.